The Kier molecular flexibility index (Phi) is 6.43. The number of rotatable bonds is 7. The third kappa shape index (κ3) is 4.86. The number of methoxy groups -OCH3 is 1. The van der Waals surface area contributed by atoms with Gasteiger partial charge in [-0.1, -0.05) is 0 Å². The standard InChI is InChI=1S/C17H25N3O4/c1-4-24-15-7-5-14(6-8-15)20-10-13(9-16(20)21)19-17(22)18-12(2)11-23-3/h5-8,12-13H,4,9-11H2,1-3H3,(H2,18,19,22). The van der Waals surface area contributed by atoms with E-state index < -0.39 is 0 Å². The van der Waals surface area contributed by atoms with Gasteiger partial charge in [-0.25, -0.2) is 4.79 Å². The highest BCUT2D eigenvalue weighted by Crippen LogP contribution is 2.24. The SMILES string of the molecule is CCOc1ccc(N2CC(NC(=O)NC(C)COC)CC2=O)cc1. The highest BCUT2D eigenvalue weighted by molar-refractivity contribution is 5.96. The predicted octanol–water partition coefficient (Wildman–Crippen LogP) is 1.52. The van der Waals surface area contributed by atoms with Crippen molar-refractivity contribution in [3.8, 4) is 5.75 Å². The summed E-state index contributed by atoms with van der Waals surface area (Å²) in [4.78, 5) is 25.8. The van der Waals surface area contributed by atoms with Crippen molar-refractivity contribution in [3.63, 3.8) is 0 Å². The molecule has 1 saturated heterocycles. The number of ether oxygens (including phenoxy) is 2. The summed E-state index contributed by atoms with van der Waals surface area (Å²) in [6.07, 6.45) is 0.291. The van der Waals surface area contributed by atoms with Crippen LogP contribution in [0.4, 0.5) is 10.5 Å². The summed E-state index contributed by atoms with van der Waals surface area (Å²) < 4.78 is 10.4. The molecule has 2 rings (SSSR count). The molecule has 0 aromatic heterocycles. The van der Waals surface area contributed by atoms with Crippen LogP contribution in [0.3, 0.4) is 0 Å². The van der Waals surface area contributed by atoms with Crippen LogP contribution in [0.15, 0.2) is 24.3 Å². The quantitative estimate of drug-likeness (QED) is 0.792. The van der Waals surface area contributed by atoms with Crippen molar-refractivity contribution in [2.45, 2.75) is 32.4 Å². The molecule has 1 heterocycles. The van der Waals surface area contributed by atoms with Crippen molar-refractivity contribution >= 4 is 17.6 Å². The van der Waals surface area contributed by atoms with Gasteiger partial charge in [0.15, 0.2) is 0 Å². The van der Waals surface area contributed by atoms with Crippen molar-refractivity contribution in [2.24, 2.45) is 0 Å². The largest absolute Gasteiger partial charge is 0.494 e. The first kappa shape index (κ1) is 18.1. The smallest absolute Gasteiger partial charge is 0.315 e. The number of anilines is 1. The third-order valence-electron chi connectivity index (χ3n) is 3.71. The minimum Gasteiger partial charge on any atom is -0.494 e. The molecule has 2 N–H and O–H groups in total. The van der Waals surface area contributed by atoms with Gasteiger partial charge in [-0.3, -0.25) is 4.79 Å². The van der Waals surface area contributed by atoms with E-state index in [1.807, 2.05) is 38.1 Å². The predicted molar refractivity (Wildman–Crippen MR) is 91.4 cm³/mol. The van der Waals surface area contributed by atoms with E-state index in [4.69, 9.17) is 9.47 Å². The Labute approximate surface area is 142 Å². The van der Waals surface area contributed by atoms with Gasteiger partial charge in [-0.2, -0.15) is 0 Å². The lowest BCUT2D eigenvalue weighted by atomic mass is 10.2. The van der Waals surface area contributed by atoms with E-state index in [0.717, 1.165) is 11.4 Å². The fourth-order valence-electron chi connectivity index (χ4n) is 2.69. The van der Waals surface area contributed by atoms with Crippen LogP contribution < -0.4 is 20.3 Å². The van der Waals surface area contributed by atoms with Gasteiger partial charge < -0.3 is 25.0 Å². The van der Waals surface area contributed by atoms with E-state index in [2.05, 4.69) is 10.6 Å². The fourth-order valence-corrected chi connectivity index (χ4v) is 2.69. The maximum absolute atomic E-state index is 12.2. The first-order valence-electron chi connectivity index (χ1n) is 8.12. The maximum atomic E-state index is 12.2. The van der Waals surface area contributed by atoms with Crippen molar-refractivity contribution in [2.75, 3.05) is 31.8 Å². The number of nitrogens with one attached hydrogen (secondary N) is 2. The Bertz CT molecular complexity index is 561. The fraction of sp³-hybridized carbons (Fsp3) is 0.529. The van der Waals surface area contributed by atoms with Crippen LogP contribution in [0.1, 0.15) is 20.3 Å². The average Bonchev–Trinajstić information content (AvgIpc) is 2.88. The second-order valence-electron chi connectivity index (χ2n) is 5.81. The summed E-state index contributed by atoms with van der Waals surface area (Å²) in [5, 5.41) is 5.61. The molecular weight excluding hydrogens is 310 g/mol. The molecule has 1 aromatic carbocycles. The van der Waals surface area contributed by atoms with Crippen LogP contribution in [0.2, 0.25) is 0 Å². The number of amides is 3. The molecule has 0 saturated carbocycles. The molecule has 1 aliphatic rings. The molecule has 0 radical (unpaired) electrons. The monoisotopic (exact) mass is 335 g/mol. The normalized spacial score (nSPS) is 18.4. The number of nitrogens with zero attached hydrogens (tertiary/aromatic N) is 1. The van der Waals surface area contributed by atoms with Crippen LogP contribution in [0, 0.1) is 0 Å². The maximum Gasteiger partial charge on any atom is 0.315 e. The van der Waals surface area contributed by atoms with Gasteiger partial charge in [-0.05, 0) is 38.1 Å². The van der Waals surface area contributed by atoms with Crippen LogP contribution in [0.5, 0.6) is 5.75 Å². The molecule has 0 bridgehead atoms. The van der Waals surface area contributed by atoms with Gasteiger partial charge in [0.25, 0.3) is 0 Å². The molecule has 7 nitrogen and oxygen atoms in total. The van der Waals surface area contributed by atoms with Crippen molar-refractivity contribution in [1.82, 2.24) is 10.6 Å². The van der Waals surface area contributed by atoms with Gasteiger partial charge in [0.2, 0.25) is 5.91 Å². The molecule has 1 aliphatic heterocycles. The van der Waals surface area contributed by atoms with Crippen molar-refractivity contribution in [3.05, 3.63) is 24.3 Å². The van der Waals surface area contributed by atoms with Crippen LogP contribution in [0.25, 0.3) is 0 Å². The van der Waals surface area contributed by atoms with Crippen LogP contribution in [-0.4, -0.2) is 50.9 Å². The molecule has 3 amide bonds. The number of carbonyl (C=O) groups excluding carboxylic acids is 2. The van der Waals surface area contributed by atoms with Crippen molar-refractivity contribution in [1.29, 1.82) is 0 Å². The zero-order valence-electron chi connectivity index (χ0n) is 14.4. The molecule has 24 heavy (non-hydrogen) atoms. The number of hydrogen-bond donors (Lipinski definition) is 2. The van der Waals surface area contributed by atoms with Gasteiger partial charge in [0.05, 0.1) is 25.3 Å². The average molecular weight is 335 g/mol. The Hall–Kier alpha value is -2.28. The molecular formula is C17H25N3O4. The Morgan fingerprint density at radius 3 is 2.71 bits per heavy atom. The van der Waals surface area contributed by atoms with Gasteiger partial charge in [0, 0.05) is 25.8 Å². The van der Waals surface area contributed by atoms with E-state index in [0.29, 0.717) is 26.2 Å². The summed E-state index contributed by atoms with van der Waals surface area (Å²) in [6.45, 7) is 5.28. The van der Waals surface area contributed by atoms with E-state index in [1.54, 1.807) is 12.0 Å². The summed E-state index contributed by atoms with van der Waals surface area (Å²) >= 11 is 0. The molecule has 1 fully saturated rings. The number of urea groups is 1. The Morgan fingerprint density at radius 1 is 1.38 bits per heavy atom. The molecule has 132 valence electrons. The zero-order valence-corrected chi connectivity index (χ0v) is 14.4. The second kappa shape index (κ2) is 8.54. The Balaban J connectivity index is 1.89. The molecule has 7 heteroatoms. The molecule has 2 atom stereocenters. The summed E-state index contributed by atoms with van der Waals surface area (Å²) in [7, 11) is 1.58. The van der Waals surface area contributed by atoms with Crippen LogP contribution >= 0.6 is 0 Å². The molecule has 0 aliphatic carbocycles. The third-order valence-corrected chi connectivity index (χ3v) is 3.71. The van der Waals surface area contributed by atoms with E-state index >= 15 is 0 Å². The van der Waals surface area contributed by atoms with Gasteiger partial charge in [-0.15, -0.1) is 0 Å². The zero-order chi connectivity index (χ0) is 17.5. The Morgan fingerprint density at radius 2 is 2.08 bits per heavy atom. The number of benzene rings is 1. The molecule has 1 aromatic rings. The number of hydrogen-bond acceptors (Lipinski definition) is 4. The van der Waals surface area contributed by atoms with Gasteiger partial charge >= 0.3 is 6.03 Å². The molecule has 0 spiro atoms. The summed E-state index contributed by atoms with van der Waals surface area (Å²) in [5.41, 5.74) is 0.806. The minimum absolute atomic E-state index is 0.00519. The first-order chi connectivity index (χ1) is 11.5. The first-order valence-corrected chi connectivity index (χ1v) is 8.12. The van der Waals surface area contributed by atoms with Crippen LogP contribution in [-0.2, 0) is 9.53 Å². The lowest BCUT2D eigenvalue weighted by Gasteiger charge is -2.19. The van der Waals surface area contributed by atoms with Crippen molar-refractivity contribution < 1.29 is 19.1 Å². The topological polar surface area (TPSA) is 79.9 Å². The van der Waals surface area contributed by atoms with Gasteiger partial charge in [0.1, 0.15) is 5.75 Å². The second-order valence-corrected chi connectivity index (χ2v) is 5.81. The minimum atomic E-state index is -0.286. The summed E-state index contributed by atoms with van der Waals surface area (Å²) in [5.74, 6) is 0.767. The highest BCUT2D eigenvalue weighted by atomic mass is 16.5. The van der Waals surface area contributed by atoms with E-state index in [9.17, 15) is 9.59 Å². The highest BCUT2D eigenvalue weighted by Gasteiger charge is 2.31. The van der Waals surface area contributed by atoms with E-state index in [-0.39, 0.29) is 24.0 Å². The number of carbonyl (C=O) groups is 2. The molecule has 2 unspecified atom stereocenters. The van der Waals surface area contributed by atoms with E-state index in [1.165, 1.54) is 0 Å². The summed E-state index contributed by atoms with van der Waals surface area (Å²) in [6, 6.07) is 6.80. The lowest BCUT2D eigenvalue weighted by molar-refractivity contribution is -0.117. The lowest BCUT2D eigenvalue weighted by Crippen LogP contribution is -2.47.